The minimum absolute atomic E-state index is 0.00253. The van der Waals surface area contributed by atoms with Crippen molar-refractivity contribution in [3.8, 4) is 0 Å². The number of halogens is 1. The maximum absolute atomic E-state index is 11.6. The monoisotopic (exact) mass is 336 g/mol. The lowest BCUT2D eigenvalue weighted by molar-refractivity contribution is -0.121. The second-order valence-corrected chi connectivity index (χ2v) is 5.35. The summed E-state index contributed by atoms with van der Waals surface area (Å²) in [6.07, 6.45) is 2.02. The summed E-state index contributed by atoms with van der Waals surface area (Å²) in [6.45, 7) is 3.07. The van der Waals surface area contributed by atoms with Gasteiger partial charge in [0.2, 0.25) is 5.91 Å². The zero-order chi connectivity index (χ0) is 14.4. The van der Waals surface area contributed by atoms with Crippen molar-refractivity contribution < 1.29 is 9.21 Å². The lowest BCUT2D eigenvalue weighted by Gasteiger charge is -2.08. The van der Waals surface area contributed by atoms with Crippen LogP contribution in [0.1, 0.15) is 17.7 Å². The number of aryl methyl sites for hydroxylation is 1. The van der Waals surface area contributed by atoms with E-state index in [1.54, 1.807) is 12.3 Å². The summed E-state index contributed by atoms with van der Waals surface area (Å²) in [4.78, 5) is 11.6. The number of carbonyl (C=O) groups is 1. The number of amides is 1. The van der Waals surface area contributed by atoms with E-state index in [0.717, 1.165) is 21.5 Å². The molecule has 5 heteroatoms. The van der Waals surface area contributed by atoms with E-state index in [9.17, 15) is 4.79 Å². The van der Waals surface area contributed by atoms with E-state index in [4.69, 9.17) is 4.42 Å². The quantitative estimate of drug-likeness (QED) is 0.849. The molecule has 0 unspecified atom stereocenters. The molecule has 0 fully saturated rings. The minimum atomic E-state index is 0.00253. The average molecular weight is 337 g/mol. The Hall–Kier alpha value is -1.75. The van der Waals surface area contributed by atoms with Crippen molar-refractivity contribution in [2.24, 2.45) is 0 Å². The summed E-state index contributed by atoms with van der Waals surface area (Å²) in [5, 5.41) is 6.04. The van der Waals surface area contributed by atoms with E-state index >= 15 is 0 Å². The summed E-state index contributed by atoms with van der Waals surface area (Å²) in [6, 6.07) is 9.67. The maximum Gasteiger partial charge on any atom is 0.222 e. The molecule has 1 aromatic carbocycles. The third kappa shape index (κ3) is 4.42. The van der Waals surface area contributed by atoms with Crippen molar-refractivity contribution in [3.05, 3.63) is 52.4 Å². The molecule has 0 saturated heterocycles. The van der Waals surface area contributed by atoms with Crippen LogP contribution in [0, 0.1) is 6.92 Å². The summed E-state index contributed by atoms with van der Waals surface area (Å²) in [5.74, 6) is 0.762. The molecule has 106 valence electrons. The first kappa shape index (κ1) is 14.7. The van der Waals surface area contributed by atoms with Gasteiger partial charge in [-0.3, -0.25) is 4.79 Å². The van der Waals surface area contributed by atoms with Crippen molar-refractivity contribution in [2.45, 2.75) is 19.9 Å². The van der Waals surface area contributed by atoms with Gasteiger partial charge < -0.3 is 15.1 Å². The van der Waals surface area contributed by atoms with Gasteiger partial charge in [-0.1, -0.05) is 15.9 Å². The molecular formula is C15H17BrN2O2. The summed E-state index contributed by atoms with van der Waals surface area (Å²) in [7, 11) is 0. The molecular weight excluding hydrogens is 320 g/mol. The van der Waals surface area contributed by atoms with Crippen LogP contribution in [0.2, 0.25) is 0 Å². The highest BCUT2D eigenvalue weighted by atomic mass is 79.9. The molecule has 2 N–H and O–H groups in total. The summed E-state index contributed by atoms with van der Waals surface area (Å²) in [5.41, 5.74) is 2.18. The Morgan fingerprint density at radius 3 is 2.90 bits per heavy atom. The summed E-state index contributed by atoms with van der Waals surface area (Å²) < 4.78 is 6.23. The van der Waals surface area contributed by atoms with Gasteiger partial charge in [0.25, 0.3) is 0 Å². The van der Waals surface area contributed by atoms with Gasteiger partial charge >= 0.3 is 0 Å². The van der Waals surface area contributed by atoms with Crippen LogP contribution in [0.25, 0.3) is 0 Å². The molecule has 2 rings (SSSR count). The van der Waals surface area contributed by atoms with Crippen LogP contribution >= 0.6 is 15.9 Å². The van der Waals surface area contributed by atoms with Crippen LogP contribution in [0.4, 0.5) is 5.69 Å². The van der Waals surface area contributed by atoms with Crippen molar-refractivity contribution in [1.29, 1.82) is 0 Å². The molecule has 0 bridgehead atoms. The van der Waals surface area contributed by atoms with Gasteiger partial charge in [0.1, 0.15) is 5.76 Å². The number of hydrogen-bond acceptors (Lipinski definition) is 3. The first-order valence-electron chi connectivity index (χ1n) is 6.44. The fourth-order valence-corrected chi connectivity index (χ4v) is 2.01. The van der Waals surface area contributed by atoms with Gasteiger partial charge in [-0.15, -0.1) is 0 Å². The first-order chi connectivity index (χ1) is 9.65. The Balaban J connectivity index is 1.69. The Bertz CT molecular complexity index is 567. The summed E-state index contributed by atoms with van der Waals surface area (Å²) >= 11 is 3.46. The third-order valence-corrected chi connectivity index (χ3v) is 3.77. The lowest BCUT2D eigenvalue weighted by Crippen LogP contribution is -2.24. The number of hydrogen-bond donors (Lipinski definition) is 2. The molecule has 2 aromatic rings. The zero-order valence-corrected chi connectivity index (χ0v) is 12.9. The van der Waals surface area contributed by atoms with E-state index in [2.05, 4.69) is 26.6 Å². The highest BCUT2D eigenvalue weighted by Gasteiger charge is 2.03. The normalized spacial score (nSPS) is 10.3. The van der Waals surface area contributed by atoms with E-state index in [-0.39, 0.29) is 5.91 Å². The SMILES string of the molecule is Cc1cc(NCCC(=O)NCc2ccco2)ccc1Br. The van der Waals surface area contributed by atoms with Crippen molar-refractivity contribution >= 4 is 27.5 Å². The smallest absolute Gasteiger partial charge is 0.222 e. The standard InChI is InChI=1S/C15H17BrN2O2/c1-11-9-12(4-5-14(11)16)17-7-6-15(19)18-10-13-3-2-8-20-13/h2-5,8-9,17H,6-7,10H2,1H3,(H,18,19). The molecule has 1 heterocycles. The lowest BCUT2D eigenvalue weighted by atomic mass is 10.2. The van der Waals surface area contributed by atoms with Crippen molar-refractivity contribution in [1.82, 2.24) is 5.32 Å². The predicted molar refractivity (Wildman–Crippen MR) is 82.5 cm³/mol. The molecule has 0 aliphatic heterocycles. The van der Waals surface area contributed by atoms with Crippen molar-refractivity contribution in [2.75, 3.05) is 11.9 Å². The van der Waals surface area contributed by atoms with Crippen molar-refractivity contribution in [3.63, 3.8) is 0 Å². The second-order valence-electron chi connectivity index (χ2n) is 4.50. The molecule has 0 spiro atoms. The van der Waals surface area contributed by atoms with Crippen LogP contribution in [0.15, 0.2) is 45.5 Å². The molecule has 0 aliphatic carbocycles. The Labute approximate surface area is 126 Å². The number of carbonyl (C=O) groups excluding carboxylic acids is 1. The van der Waals surface area contributed by atoms with Crippen LogP contribution in [0.5, 0.6) is 0 Å². The Morgan fingerprint density at radius 2 is 2.20 bits per heavy atom. The van der Waals surface area contributed by atoms with E-state index in [1.807, 2.05) is 31.2 Å². The van der Waals surface area contributed by atoms with Gasteiger partial charge in [-0.25, -0.2) is 0 Å². The molecule has 1 amide bonds. The third-order valence-electron chi connectivity index (χ3n) is 2.88. The minimum Gasteiger partial charge on any atom is -0.467 e. The van der Waals surface area contributed by atoms with Gasteiger partial charge in [0.15, 0.2) is 0 Å². The fourth-order valence-electron chi connectivity index (χ4n) is 1.76. The molecule has 0 atom stereocenters. The number of anilines is 1. The highest BCUT2D eigenvalue weighted by Crippen LogP contribution is 2.19. The molecule has 0 aliphatic rings. The van der Waals surface area contributed by atoms with Crippen LogP contribution < -0.4 is 10.6 Å². The average Bonchev–Trinajstić information content (AvgIpc) is 2.94. The number of furan rings is 1. The molecule has 0 radical (unpaired) electrons. The number of nitrogens with one attached hydrogen (secondary N) is 2. The van der Waals surface area contributed by atoms with Crippen LogP contribution in [-0.2, 0) is 11.3 Å². The Morgan fingerprint density at radius 1 is 1.35 bits per heavy atom. The van der Waals surface area contributed by atoms with Gasteiger partial charge in [0.05, 0.1) is 12.8 Å². The molecule has 4 nitrogen and oxygen atoms in total. The predicted octanol–water partition coefficient (Wildman–Crippen LogP) is 3.47. The molecule has 0 saturated carbocycles. The fraction of sp³-hybridized carbons (Fsp3) is 0.267. The maximum atomic E-state index is 11.6. The van der Waals surface area contributed by atoms with Crippen LogP contribution in [0.3, 0.4) is 0 Å². The van der Waals surface area contributed by atoms with E-state index < -0.39 is 0 Å². The highest BCUT2D eigenvalue weighted by molar-refractivity contribution is 9.10. The first-order valence-corrected chi connectivity index (χ1v) is 7.23. The van der Waals surface area contributed by atoms with E-state index in [0.29, 0.717) is 19.5 Å². The van der Waals surface area contributed by atoms with Crippen LogP contribution in [-0.4, -0.2) is 12.5 Å². The van der Waals surface area contributed by atoms with E-state index in [1.165, 1.54) is 0 Å². The van der Waals surface area contributed by atoms with Gasteiger partial charge in [-0.2, -0.15) is 0 Å². The van der Waals surface area contributed by atoms with Gasteiger partial charge in [-0.05, 0) is 42.8 Å². The molecule has 1 aromatic heterocycles. The Kier molecular flexibility index (Phi) is 5.24. The number of rotatable bonds is 6. The topological polar surface area (TPSA) is 54.3 Å². The number of benzene rings is 1. The van der Waals surface area contributed by atoms with Gasteiger partial charge in [0, 0.05) is 23.1 Å². The second kappa shape index (κ2) is 7.14. The largest absolute Gasteiger partial charge is 0.467 e. The zero-order valence-electron chi connectivity index (χ0n) is 11.3. The molecule has 20 heavy (non-hydrogen) atoms.